The minimum absolute atomic E-state index is 0.0329. The number of hydrogen-bond acceptors (Lipinski definition) is 4. The van der Waals surface area contributed by atoms with Crippen molar-refractivity contribution in [3.05, 3.63) is 45.1 Å². The highest BCUT2D eigenvalue weighted by Crippen LogP contribution is 2.38. The first-order valence-electron chi connectivity index (χ1n) is 7.49. The van der Waals surface area contributed by atoms with Gasteiger partial charge in [-0.25, -0.2) is 0 Å². The van der Waals surface area contributed by atoms with Gasteiger partial charge in [0, 0.05) is 10.4 Å². The molecule has 6 heteroatoms. The summed E-state index contributed by atoms with van der Waals surface area (Å²) < 4.78 is 11.0. The number of carbonyl (C=O) groups excluding carboxylic acids is 1. The molecule has 0 radical (unpaired) electrons. The Hall–Kier alpha value is -1.72. The van der Waals surface area contributed by atoms with E-state index in [4.69, 9.17) is 21.1 Å². The number of benzene rings is 1. The standard InChI is InChI=1S/C17H18ClNO3S/c1-10(2)15(14-4-3-7-23-14)19-17(20)11-8-12(18)16-13(9-11)21-5-6-22-16/h3-4,7-10,15H,5-6H2,1-2H3,(H,19,20)/t15-/m1/s1. The highest BCUT2D eigenvalue weighted by atomic mass is 35.5. The summed E-state index contributed by atoms with van der Waals surface area (Å²) in [5, 5.41) is 5.49. The van der Waals surface area contributed by atoms with Crippen molar-refractivity contribution in [3.63, 3.8) is 0 Å². The Morgan fingerprint density at radius 3 is 2.78 bits per heavy atom. The van der Waals surface area contributed by atoms with Crippen LogP contribution in [0.5, 0.6) is 11.5 Å². The fourth-order valence-electron chi connectivity index (χ4n) is 2.50. The van der Waals surface area contributed by atoms with Crippen LogP contribution in [0.4, 0.5) is 0 Å². The van der Waals surface area contributed by atoms with Gasteiger partial charge >= 0.3 is 0 Å². The zero-order valence-corrected chi connectivity index (χ0v) is 14.5. The Kier molecular flexibility index (Phi) is 4.78. The molecule has 4 nitrogen and oxygen atoms in total. The van der Waals surface area contributed by atoms with Gasteiger partial charge in [-0.3, -0.25) is 4.79 Å². The van der Waals surface area contributed by atoms with E-state index in [1.165, 1.54) is 0 Å². The first-order chi connectivity index (χ1) is 11.1. The van der Waals surface area contributed by atoms with Crippen molar-refractivity contribution in [2.24, 2.45) is 5.92 Å². The van der Waals surface area contributed by atoms with Crippen LogP contribution >= 0.6 is 22.9 Å². The number of ether oxygens (including phenoxy) is 2. The van der Waals surface area contributed by atoms with Crippen LogP contribution in [0.2, 0.25) is 5.02 Å². The summed E-state index contributed by atoms with van der Waals surface area (Å²) in [5.41, 5.74) is 0.474. The number of hydrogen-bond donors (Lipinski definition) is 1. The van der Waals surface area contributed by atoms with Crippen molar-refractivity contribution >= 4 is 28.8 Å². The average Bonchev–Trinajstić information content (AvgIpc) is 3.06. The van der Waals surface area contributed by atoms with E-state index in [1.54, 1.807) is 23.5 Å². The van der Waals surface area contributed by atoms with Gasteiger partial charge in [0.15, 0.2) is 11.5 Å². The maximum Gasteiger partial charge on any atom is 0.251 e. The lowest BCUT2D eigenvalue weighted by molar-refractivity contribution is 0.0925. The molecular weight excluding hydrogens is 334 g/mol. The van der Waals surface area contributed by atoms with Crippen LogP contribution in [0.25, 0.3) is 0 Å². The molecule has 122 valence electrons. The van der Waals surface area contributed by atoms with Gasteiger partial charge in [-0.2, -0.15) is 0 Å². The summed E-state index contributed by atoms with van der Waals surface area (Å²) in [5.74, 6) is 1.14. The van der Waals surface area contributed by atoms with E-state index in [2.05, 4.69) is 19.2 Å². The number of fused-ring (bicyclic) bond motifs is 1. The van der Waals surface area contributed by atoms with E-state index in [9.17, 15) is 4.79 Å². The zero-order chi connectivity index (χ0) is 16.4. The second-order valence-electron chi connectivity index (χ2n) is 5.69. The molecule has 2 heterocycles. The molecule has 2 aromatic rings. The molecule has 1 aliphatic rings. The summed E-state index contributed by atoms with van der Waals surface area (Å²) in [7, 11) is 0. The van der Waals surface area contributed by atoms with Crippen LogP contribution < -0.4 is 14.8 Å². The maximum absolute atomic E-state index is 12.6. The monoisotopic (exact) mass is 351 g/mol. The molecular formula is C17H18ClNO3S. The van der Waals surface area contributed by atoms with E-state index in [0.29, 0.717) is 35.3 Å². The normalized spacial score (nSPS) is 14.6. The molecule has 1 N–H and O–H groups in total. The molecule has 0 fully saturated rings. The van der Waals surface area contributed by atoms with E-state index < -0.39 is 0 Å². The molecule has 23 heavy (non-hydrogen) atoms. The second kappa shape index (κ2) is 6.81. The molecule has 0 aliphatic carbocycles. The smallest absolute Gasteiger partial charge is 0.251 e. The number of nitrogens with one attached hydrogen (secondary N) is 1. The van der Waals surface area contributed by atoms with Gasteiger partial charge in [0.05, 0.1) is 11.1 Å². The van der Waals surface area contributed by atoms with Crippen LogP contribution in [-0.2, 0) is 0 Å². The van der Waals surface area contributed by atoms with Gasteiger partial charge in [-0.15, -0.1) is 11.3 Å². The van der Waals surface area contributed by atoms with E-state index in [0.717, 1.165) is 4.88 Å². The predicted molar refractivity (Wildman–Crippen MR) is 91.8 cm³/mol. The average molecular weight is 352 g/mol. The number of thiophene rings is 1. The van der Waals surface area contributed by atoms with Crippen molar-refractivity contribution in [3.8, 4) is 11.5 Å². The summed E-state index contributed by atoms with van der Waals surface area (Å²) in [6.45, 7) is 5.09. The number of amides is 1. The summed E-state index contributed by atoms with van der Waals surface area (Å²) >= 11 is 7.84. The van der Waals surface area contributed by atoms with Crippen LogP contribution in [0, 0.1) is 5.92 Å². The molecule has 0 saturated heterocycles. The molecule has 1 aliphatic heterocycles. The fraction of sp³-hybridized carbons (Fsp3) is 0.353. The lowest BCUT2D eigenvalue weighted by Gasteiger charge is -2.23. The quantitative estimate of drug-likeness (QED) is 0.893. The largest absolute Gasteiger partial charge is 0.486 e. The van der Waals surface area contributed by atoms with E-state index >= 15 is 0 Å². The molecule has 1 aromatic carbocycles. The number of carbonyl (C=O) groups is 1. The van der Waals surface area contributed by atoms with Gasteiger partial charge in [0.2, 0.25) is 0 Å². The first-order valence-corrected chi connectivity index (χ1v) is 8.75. The van der Waals surface area contributed by atoms with Gasteiger partial charge < -0.3 is 14.8 Å². The molecule has 1 amide bonds. The van der Waals surface area contributed by atoms with E-state index in [1.807, 2.05) is 17.5 Å². The zero-order valence-electron chi connectivity index (χ0n) is 13.0. The minimum Gasteiger partial charge on any atom is -0.486 e. The Balaban J connectivity index is 1.84. The topological polar surface area (TPSA) is 47.6 Å². The van der Waals surface area contributed by atoms with Crippen LogP contribution in [0.3, 0.4) is 0 Å². The third-order valence-electron chi connectivity index (χ3n) is 3.66. The van der Waals surface area contributed by atoms with Crippen LogP contribution in [-0.4, -0.2) is 19.1 Å². The fourth-order valence-corrected chi connectivity index (χ4v) is 3.72. The molecule has 0 bridgehead atoms. The van der Waals surface area contributed by atoms with Gasteiger partial charge in [0.1, 0.15) is 13.2 Å². The van der Waals surface area contributed by atoms with Crippen LogP contribution in [0.1, 0.15) is 35.1 Å². The lowest BCUT2D eigenvalue weighted by Crippen LogP contribution is -2.31. The van der Waals surface area contributed by atoms with Crippen LogP contribution in [0.15, 0.2) is 29.6 Å². The maximum atomic E-state index is 12.6. The Labute approximate surface area is 144 Å². The van der Waals surface area contributed by atoms with Crippen molar-refractivity contribution in [1.29, 1.82) is 0 Å². The molecule has 1 aromatic heterocycles. The highest BCUT2D eigenvalue weighted by molar-refractivity contribution is 7.10. The molecule has 0 saturated carbocycles. The second-order valence-corrected chi connectivity index (χ2v) is 7.08. The van der Waals surface area contributed by atoms with Gasteiger partial charge in [-0.1, -0.05) is 31.5 Å². The Morgan fingerprint density at radius 2 is 2.09 bits per heavy atom. The first kappa shape index (κ1) is 16.1. The molecule has 3 rings (SSSR count). The highest BCUT2D eigenvalue weighted by Gasteiger charge is 2.23. The lowest BCUT2D eigenvalue weighted by atomic mass is 10.0. The van der Waals surface area contributed by atoms with Crippen molar-refractivity contribution in [1.82, 2.24) is 5.32 Å². The van der Waals surface area contributed by atoms with Crippen molar-refractivity contribution in [2.75, 3.05) is 13.2 Å². The summed E-state index contributed by atoms with van der Waals surface area (Å²) in [6.07, 6.45) is 0. The van der Waals surface area contributed by atoms with Gasteiger partial charge in [-0.05, 0) is 29.5 Å². The third kappa shape index (κ3) is 3.46. The molecule has 0 spiro atoms. The number of rotatable bonds is 4. The third-order valence-corrected chi connectivity index (χ3v) is 4.90. The van der Waals surface area contributed by atoms with Crippen molar-refractivity contribution < 1.29 is 14.3 Å². The summed E-state index contributed by atoms with van der Waals surface area (Å²) in [4.78, 5) is 13.8. The Morgan fingerprint density at radius 1 is 1.30 bits per heavy atom. The molecule has 1 atom stereocenters. The van der Waals surface area contributed by atoms with Gasteiger partial charge in [0.25, 0.3) is 5.91 Å². The van der Waals surface area contributed by atoms with Crippen molar-refractivity contribution in [2.45, 2.75) is 19.9 Å². The Bertz CT molecular complexity index is 700. The molecule has 0 unspecified atom stereocenters. The minimum atomic E-state index is -0.170. The SMILES string of the molecule is CC(C)[C@@H](NC(=O)c1cc(Cl)c2c(c1)OCCO2)c1cccs1. The van der Waals surface area contributed by atoms with E-state index in [-0.39, 0.29) is 17.9 Å². The number of halogens is 1. The summed E-state index contributed by atoms with van der Waals surface area (Å²) in [6, 6.07) is 7.29. The predicted octanol–water partition coefficient (Wildman–Crippen LogP) is 4.30.